The summed E-state index contributed by atoms with van der Waals surface area (Å²) in [6.45, 7) is 0.376. The molecule has 0 atom stereocenters. The lowest BCUT2D eigenvalue weighted by molar-refractivity contribution is -0.115. The first-order chi connectivity index (χ1) is 9.98. The number of para-hydroxylation sites is 1. The molecule has 6 nitrogen and oxygen atoms in total. The topological polar surface area (TPSA) is 96.3 Å². The Kier molecular flexibility index (Phi) is 6.85. The molecule has 0 heterocycles. The van der Waals surface area contributed by atoms with Gasteiger partial charge in [0.2, 0.25) is 5.91 Å². The minimum atomic E-state index is -3.26. The lowest BCUT2D eigenvalue weighted by atomic mass is 10.2. The number of carbonyl (C=O) groups is 1. The fourth-order valence-corrected chi connectivity index (χ4v) is 2.93. The van der Waals surface area contributed by atoms with Crippen LogP contribution in [0.4, 0.5) is 5.69 Å². The Morgan fingerprint density at radius 3 is 2.71 bits per heavy atom. The Balaban J connectivity index is 2.49. The van der Waals surface area contributed by atoms with Crippen LogP contribution in [0.1, 0.15) is 18.4 Å². The molecule has 0 saturated carbocycles. The average Bonchev–Trinajstić information content (AvgIpc) is 2.46. The Hall–Kier alpha value is -1.91. The van der Waals surface area contributed by atoms with Crippen LogP contribution in [-0.4, -0.2) is 39.5 Å². The SMILES string of the molecule is COCCCS(=O)(=O)CCC(=O)Nc1ccccc1C#N. The van der Waals surface area contributed by atoms with Gasteiger partial charge in [0.1, 0.15) is 6.07 Å². The molecule has 1 aromatic rings. The summed E-state index contributed by atoms with van der Waals surface area (Å²) < 4.78 is 28.2. The zero-order valence-corrected chi connectivity index (χ0v) is 12.6. The van der Waals surface area contributed by atoms with E-state index in [2.05, 4.69) is 5.32 Å². The second kappa shape index (κ2) is 8.39. The molecule has 1 aromatic carbocycles. The van der Waals surface area contributed by atoms with Gasteiger partial charge in [0, 0.05) is 20.1 Å². The summed E-state index contributed by atoms with van der Waals surface area (Å²) in [4.78, 5) is 11.7. The third-order valence-corrected chi connectivity index (χ3v) is 4.50. The van der Waals surface area contributed by atoms with E-state index < -0.39 is 15.7 Å². The number of amides is 1. The van der Waals surface area contributed by atoms with Crippen molar-refractivity contribution in [2.24, 2.45) is 0 Å². The molecule has 1 rings (SSSR count). The number of nitriles is 1. The van der Waals surface area contributed by atoms with Crippen LogP contribution in [0.2, 0.25) is 0 Å². The molecule has 0 unspecified atom stereocenters. The number of nitrogens with zero attached hydrogens (tertiary/aromatic N) is 1. The van der Waals surface area contributed by atoms with E-state index in [4.69, 9.17) is 10.00 Å². The van der Waals surface area contributed by atoms with Crippen LogP contribution in [0, 0.1) is 11.3 Å². The summed E-state index contributed by atoms with van der Waals surface area (Å²) in [5.41, 5.74) is 0.732. The van der Waals surface area contributed by atoms with E-state index in [1.165, 1.54) is 7.11 Å². The van der Waals surface area contributed by atoms with Crippen molar-refractivity contribution in [2.75, 3.05) is 30.5 Å². The van der Waals surface area contributed by atoms with Gasteiger partial charge in [0.05, 0.1) is 22.8 Å². The van der Waals surface area contributed by atoms with Gasteiger partial charge < -0.3 is 10.1 Å². The van der Waals surface area contributed by atoms with Gasteiger partial charge >= 0.3 is 0 Å². The first kappa shape index (κ1) is 17.1. The molecule has 1 N–H and O–H groups in total. The number of anilines is 1. The van der Waals surface area contributed by atoms with Gasteiger partial charge in [-0.1, -0.05) is 12.1 Å². The maximum atomic E-state index is 11.7. The van der Waals surface area contributed by atoms with Gasteiger partial charge in [0.15, 0.2) is 9.84 Å². The molecule has 0 aliphatic heterocycles. The molecule has 114 valence electrons. The van der Waals surface area contributed by atoms with Crippen LogP contribution in [-0.2, 0) is 19.4 Å². The summed E-state index contributed by atoms with van der Waals surface area (Å²) in [6.07, 6.45) is 0.285. The lowest BCUT2D eigenvalue weighted by Gasteiger charge is -2.07. The molecule has 21 heavy (non-hydrogen) atoms. The fraction of sp³-hybridized carbons (Fsp3) is 0.429. The number of sulfone groups is 1. The summed E-state index contributed by atoms with van der Waals surface area (Å²) >= 11 is 0. The van der Waals surface area contributed by atoms with E-state index >= 15 is 0 Å². The standard InChI is InChI=1S/C14H18N2O4S/c1-20-8-4-9-21(18,19)10-7-14(17)16-13-6-3-2-5-12(13)11-15/h2-3,5-6H,4,7-10H2,1H3,(H,16,17). The molecular formula is C14H18N2O4S. The van der Waals surface area contributed by atoms with E-state index in [-0.39, 0.29) is 17.9 Å². The molecule has 1 amide bonds. The Morgan fingerprint density at radius 2 is 2.05 bits per heavy atom. The van der Waals surface area contributed by atoms with Crippen molar-refractivity contribution in [3.63, 3.8) is 0 Å². The number of nitrogens with one attached hydrogen (secondary N) is 1. The zero-order chi connectivity index (χ0) is 15.7. The van der Waals surface area contributed by atoms with E-state index in [0.717, 1.165) is 0 Å². The van der Waals surface area contributed by atoms with Crippen molar-refractivity contribution in [3.05, 3.63) is 29.8 Å². The normalized spacial score (nSPS) is 10.9. The number of ether oxygens (including phenoxy) is 1. The van der Waals surface area contributed by atoms with Crippen molar-refractivity contribution < 1.29 is 17.9 Å². The van der Waals surface area contributed by atoms with Gasteiger partial charge in [-0.3, -0.25) is 4.79 Å². The predicted molar refractivity (Wildman–Crippen MR) is 79.6 cm³/mol. The van der Waals surface area contributed by atoms with E-state index in [1.54, 1.807) is 24.3 Å². The number of methoxy groups -OCH3 is 1. The molecule has 0 fully saturated rings. The van der Waals surface area contributed by atoms with Gasteiger partial charge in [-0.15, -0.1) is 0 Å². The smallest absolute Gasteiger partial charge is 0.225 e. The number of rotatable bonds is 8. The number of benzene rings is 1. The first-order valence-corrected chi connectivity index (χ1v) is 8.29. The molecule has 7 heteroatoms. The maximum absolute atomic E-state index is 11.7. The number of carbonyl (C=O) groups excluding carboxylic acids is 1. The monoisotopic (exact) mass is 310 g/mol. The summed E-state index contributed by atoms with van der Waals surface area (Å²) in [5.74, 6) is -0.631. The lowest BCUT2D eigenvalue weighted by Crippen LogP contribution is -2.20. The average molecular weight is 310 g/mol. The predicted octanol–water partition coefficient (Wildman–Crippen LogP) is 1.34. The third kappa shape index (κ3) is 6.38. The van der Waals surface area contributed by atoms with Gasteiger partial charge in [-0.05, 0) is 18.6 Å². The second-order valence-electron chi connectivity index (χ2n) is 4.45. The maximum Gasteiger partial charge on any atom is 0.225 e. The molecule has 0 spiro atoms. The van der Waals surface area contributed by atoms with Crippen molar-refractivity contribution in [3.8, 4) is 6.07 Å². The molecule has 0 aliphatic rings. The Labute approximate surface area is 124 Å². The summed E-state index contributed by atoms with van der Waals surface area (Å²) in [5, 5.41) is 11.5. The summed E-state index contributed by atoms with van der Waals surface area (Å²) in [7, 11) is -1.76. The minimum Gasteiger partial charge on any atom is -0.385 e. The molecule has 0 saturated heterocycles. The highest BCUT2D eigenvalue weighted by Gasteiger charge is 2.14. The van der Waals surface area contributed by atoms with Crippen molar-refractivity contribution in [1.29, 1.82) is 5.26 Å². The quantitative estimate of drug-likeness (QED) is 0.731. The Bertz CT molecular complexity index is 620. The van der Waals surface area contributed by atoms with Crippen molar-refractivity contribution in [1.82, 2.24) is 0 Å². The molecule has 0 radical (unpaired) electrons. The Morgan fingerprint density at radius 1 is 1.33 bits per heavy atom. The van der Waals surface area contributed by atoms with Crippen LogP contribution < -0.4 is 5.32 Å². The molecule has 0 aromatic heterocycles. The number of hydrogen-bond donors (Lipinski definition) is 1. The highest BCUT2D eigenvalue weighted by atomic mass is 32.2. The van der Waals surface area contributed by atoms with Gasteiger partial charge in [-0.2, -0.15) is 5.26 Å². The van der Waals surface area contributed by atoms with Crippen molar-refractivity contribution >= 4 is 21.4 Å². The minimum absolute atomic E-state index is 0.00288. The third-order valence-electron chi connectivity index (χ3n) is 2.77. The van der Waals surface area contributed by atoms with Crippen molar-refractivity contribution in [2.45, 2.75) is 12.8 Å². The fourth-order valence-electron chi connectivity index (χ4n) is 1.68. The van der Waals surface area contributed by atoms with Crippen LogP contribution >= 0.6 is 0 Å². The second-order valence-corrected chi connectivity index (χ2v) is 6.76. The summed E-state index contributed by atoms with van der Waals surface area (Å²) in [6, 6.07) is 8.52. The van der Waals surface area contributed by atoms with Crippen LogP contribution in [0.5, 0.6) is 0 Å². The highest BCUT2D eigenvalue weighted by molar-refractivity contribution is 7.91. The molecule has 0 aliphatic carbocycles. The zero-order valence-electron chi connectivity index (χ0n) is 11.8. The van der Waals surface area contributed by atoms with Crippen LogP contribution in [0.3, 0.4) is 0 Å². The number of hydrogen-bond acceptors (Lipinski definition) is 5. The van der Waals surface area contributed by atoms with Crippen LogP contribution in [0.25, 0.3) is 0 Å². The molecular weight excluding hydrogens is 292 g/mol. The van der Waals surface area contributed by atoms with E-state index in [1.807, 2.05) is 6.07 Å². The molecule has 0 bridgehead atoms. The highest BCUT2D eigenvalue weighted by Crippen LogP contribution is 2.13. The van der Waals surface area contributed by atoms with E-state index in [9.17, 15) is 13.2 Å². The van der Waals surface area contributed by atoms with E-state index in [0.29, 0.717) is 24.3 Å². The van der Waals surface area contributed by atoms with Gasteiger partial charge in [0.25, 0.3) is 0 Å². The largest absolute Gasteiger partial charge is 0.385 e. The van der Waals surface area contributed by atoms with Gasteiger partial charge in [-0.25, -0.2) is 8.42 Å². The van der Waals surface area contributed by atoms with Crippen LogP contribution in [0.15, 0.2) is 24.3 Å². The first-order valence-electron chi connectivity index (χ1n) is 6.47.